The molecule has 0 aliphatic heterocycles. The van der Waals surface area contributed by atoms with Gasteiger partial charge in [0.05, 0.1) is 0 Å². The molecule has 0 unspecified atom stereocenters. The molecule has 0 heterocycles. The van der Waals surface area contributed by atoms with Gasteiger partial charge in [-0.2, -0.15) is 0 Å². The molecule has 59 valence electrons. The number of hydrogen-bond acceptors (Lipinski definition) is 2. The summed E-state index contributed by atoms with van der Waals surface area (Å²) in [6.45, 7) is 2.07. The second-order valence-electron chi connectivity index (χ2n) is 2.93. The largest absolute Gasteiger partial charge is 0.398 e. The maximum absolute atomic E-state index is 5.30. The minimum Gasteiger partial charge on any atom is -0.398 e. The van der Waals surface area contributed by atoms with Gasteiger partial charge in [-0.3, -0.25) is 0 Å². The Morgan fingerprint density at radius 2 is 1.80 bits per heavy atom. The van der Waals surface area contributed by atoms with Crippen LogP contribution in [0.25, 0.3) is 0 Å². The molecular weight excluding hydrogens is 144 g/mol. The van der Waals surface area contributed by atoms with E-state index in [1.807, 2.05) is 0 Å². The van der Waals surface area contributed by atoms with Crippen molar-refractivity contribution in [2.24, 2.45) is 5.92 Å². The van der Waals surface area contributed by atoms with E-state index in [0.29, 0.717) is 0 Å². The van der Waals surface area contributed by atoms with Gasteiger partial charge in [0, 0.05) is 20.3 Å². The number of rotatable bonds is 4. The summed E-state index contributed by atoms with van der Waals surface area (Å²) in [4.78, 5) is 0. The van der Waals surface area contributed by atoms with Crippen LogP contribution in [0, 0.1) is 12.0 Å². The summed E-state index contributed by atoms with van der Waals surface area (Å²) in [5, 5.41) is 0. The van der Waals surface area contributed by atoms with Gasteiger partial charge in [0.2, 0.25) is 0 Å². The third-order valence-electron chi connectivity index (χ3n) is 1.97. The van der Waals surface area contributed by atoms with Crippen molar-refractivity contribution in [1.82, 2.24) is 0 Å². The highest BCUT2D eigenvalue weighted by Crippen LogP contribution is 2.35. The fraction of sp³-hybridized carbons (Fsp3) is 0.857. The minimum atomic E-state index is -1.82. The first kappa shape index (κ1) is 8.24. The van der Waals surface area contributed by atoms with E-state index in [1.165, 1.54) is 12.8 Å². The molecule has 3 heteroatoms. The Balaban J connectivity index is 2.29. The summed E-state index contributed by atoms with van der Waals surface area (Å²) in [6, 6.07) is 2.27. The van der Waals surface area contributed by atoms with Crippen molar-refractivity contribution >= 4 is 8.56 Å². The van der Waals surface area contributed by atoms with Crippen LogP contribution in [-0.4, -0.2) is 22.8 Å². The summed E-state index contributed by atoms with van der Waals surface area (Å²) >= 11 is 0. The van der Waals surface area contributed by atoms with E-state index < -0.39 is 8.56 Å². The predicted molar refractivity (Wildman–Crippen MR) is 42.7 cm³/mol. The first-order chi connectivity index (χ1) is 4.70. The highest BCUT2D eigenvalue weighted by Gasteiger charge is 2.37. The standard InChI is InChI=1S/C7H15O2Si/c1-8-10(3,9-2)6-7-4-5-7/h6-7H,4-5H2,1-3H3. The molecular formula is C7H15O2Si. The van der Waals surface area contributed by atoms with E-state index in [-0.39, 0.29) is 0 Å². The van der Waals surface area contributed by atoms with E-state index >= 15 is 0 Å². The van der Waals surface area contributed by atoms with Crippen molar-refractivity contribution < 1.29 is 8.85 Å². The Morgan fingerprint density at radius 3 is 2.10 bits per heavy atom. The molecule has 1 aliphatic rings. The van der Waals surface area contributed by atoms with Crippen molar-refractivity contribution in [3.8, 4) is 0 Å². The van der Waals surface area contributed by atoms with Crippen molar-refractivity contribution in [2.45, 2.75) is 19.4 Å². The van der Waals surface area contributed by atoms with Gasteiger partial charge in [0.1, 0.15) is 0 Å². The minimum absolute atomic E-state index is 0.788. The van der Waals surface area contributed by atoms with E-state index in [0.717, 1.165) is 5.92 Å². The maximum atomic E-state index is 5.30. The van der Waals surface area contributed by atoms with Crippen molar-refractivity contribution in [1.29, 1.82) is 0 Å². The highest BCUT2D eigenvalue weighted by molar-refractivity contribution is 6.69. The second kappa shape index (κ2) is 3.03. The van der Waals surface area contributed by atoms with Gasteiger partial charge in [-0.15, -0.1) is 0 Å². The van der Waals surface area contributed by atoms with Gasteiger partial charge in [0.15, 0.2) is 0 Å². The zero-order chi connectivity index (χ0) is 7.61. The molecule has 10 heavy (non-hydrogen) atoms. The van der Waals surface area contributed by atoms with E-state index in [2.05, 4.69) is 12.6 Å². The molecule has 0 saturated heterocycles. The quantitative estimate of drug-likeness (QED) is 0.579. The van der Waals surface area contributed by atoms with E-state index in [1.54, 1.807) is 14.2 Å². The molecule has 1 fully saturated rings. The Hall–Kier alpha value is 0.137. The normalized spacial score (nSPS) is 19.5. The Kier molecular flexibility index (Phi) is 2.49. The van der Waals surface area contributed by atoms with Gasteiger partial charge < -0.3 is 8.85 Å². The van der Waals surface area contributed by atoms with Crippen LogP contribution in [0.1, 0.15) is 12.8 Å². The molecule has 0 aromatic rings. The van der Waals surface area contributed by atoms with Crippen molar-refractivity contribution in [2.75, 3.05) is 14.2 Å². The smallest absolute Gasteiger partial charge is 0.338 e. The fourth-order valence-electron chi connectivity index (χ4n) is 0.910. The molecule has 0 spiro atoms. The predicted octanol–water partition coefficient (Wildman–Crippen LogP) is 1.50. The molecule has 0 aromatic carbocycles. The van der Waals surface area contributed by atoms with Crippen LogP contribution in [0.3, 0.4) is 0 Å². The lowest BCUT2D eigenvalue weighted by Gasteiger charge is -2.21. The fourth-order valence-corrected chi connectivity index (χ4v) is 2.54. The Bertz CT molecular complexity index is 108. The average Bonchev–Trinajstić information content (AvgIpc) is 2.72. The summed E-state index contributed by atoms with van der Waals surface area (Å²) in [5.74, 6) is 0.788. The molecule has 1 rings (SSSR count). The topological polar surface area (TPSA) is 18.5 Å². The molecule has 0 aromatic heterocycles. The Morgan fingerprint density at radius 1 is 1.30 bits per heavy atom. The monoisotopic (exact) mass is 159 g/mol. The lowest BCUT2D eigenvalue weighted by molar-refractivity contribution is 0.256. The molecule has 0 amide bonds. The van der Waals surface area contributed by atoms with Crippen LogP contribution < -0.4 is 0 Å². The van der Waals surface area contributed by atoms with Crippen LogP contribution in [0.2, 0.25) is 6.55 Å². The van der Waals surface area contributed by atoms with Crippen LogP contribution in [0.5, 0.6) is 0 Å². The lowest BCUT2D eigenvalue weighted by atomic mass is 10.5. The molecule has 0 atom stereocenters. The summed E-state index contributed by atoms with van der Waals surface area (Å²) < 4.78 is 10.6. The lowest BCUT2D eigenvalue weighted by Crippen LogP contribution is -2.37. The van der Waals surface area contributed by atoms with Gasteiger partial charge in [-0.1, -0.05) is 12.8 Å². The summed E-state index contributed by atoms with van der Waals surface area (Å²) in [5.41, 5.74) is 0. The average molecular weight is 159 g/mol. The Labute approximate surface area is 63.8 Å². The molecule has 0 bridgehead atoms. The molecule has 1 saturated carbocycles. The molecule has 1 radical (unpaired) electrons. The molecule has 2 nitrogen and oxygen atoms in total. The van der Waals surface area contributed by atoms with E-state index in [4.69, 9.17) is 8.85 Å². The zero-order valence-corrected chi connectivity index (χ0v) is 7.89. The zero-order valence-electron chi connectivity index (χ0n) is 6.89. The van der Waals surface area contributed by atoms with Crippen LogP contribution in [0.15, 0.2) is 0 Å². The highest BCUT2D eigenvalue weighted by atomic mass is 28.4. The van der Waals surface area contributed by atoms with E-state index in [9.17, 15) is 0 Å². The van der Waals surface area contributed by atoms with Crippen LogP contribution in [0.4, 0.5) is 0 Å². The first-order valence-electron chi connectivity index (χ1n) is 3.66. The third kappa shape index (κ3) is 2.07. The van der Waals surface area contributed by atoms with Gasteiger partial charge in [-0.25, -0.2) is 0 Å². The van der Waals surface area contributed by atoms with Crippen molar-refractivity contribution in [3.05, 3.63) is 6.04 Å². The first-order valence-corrected chi connectivity index (χ1v) is 6.06. The second-order valence-corrected chi connectivity index (χ2v) is 6.11. The molecule has 1 aliphatic carbocycles. The van der Waals surface area contributed by atoms with Gasteiger partial charge in [0.25, 0.3) is 0 Å². The van der Waals surface area contributed by atoms with Crippen molar-refractivity contribution in [3.63, 3.8) is 0 Å². The maximum Gasteiger partial charge on any atom is 0.338 e. The van der Waals surface area contributed by atoms with Gasteiger partial charge in [-0.05, 0) is 12.5 Å². The number of hydrogen-bond donors (Lipinski definition) is 0. The molecule has 0 N–H and O–H groups in total. The summed E-state index contributed by atoms with van der Waals surface area (Å²) in [7, 11) is 1.64. The SMILES string of the molecule is CO[Si](C)([CH]C1CC1)OC. The van der Waals surface area contributed by atoms with Gasteiger partial charge >= 0.3 is 8.56 Å². The summed E-state index contributed by atoms with van der Waals surface area (Å²) in [6.07, 6.45) is 2.66. The van der Waals surface area contributed by atoms with Crippen LogP contribution in [-0.2, 0) is 8.85 Å². The van der Waals surface area contributed by atoms with Crippen LogP contribution >= 0.6 is 0 Å². The third-order valence-corrected chi connectivity index (χ3v) is 4.67.